The lowest BCUT2D eigenvalue weighted by molar-refractivity contribution is -0.124. The van der Waals surface area contributed by atoms with Crippen molar-refractivity contribution in [2.45, 2.75) is 57.6 Å². The van der Waals surface area contributed by atoms with Gasteiger partial charge in [0, 0.05) is 25.1 Å². The van der Waals surface area contributed by atoms with Gasteiger partial charge in [-0.2, -0.15) is 0 Å². The van der Waals surface area contributed by atoms with E-state index < -0.39 is 0 Å². The van der Waals surface area contributed by atoms with E-state index in [9.17, 15) is 4.79 Å². The van der Waals surface area contributed by atoms with E-state index in [-0.39, 0.29) is 18.5 Å². The van der Waals surface area contributed by atoms with E-state index in [1.54, 1.807) is 6.07 Å². The summed E-state index contributed by atoms with van der Waals surface area (Å²) in [5.41, 5.74) is 0.750. The summed E-state index contributed by atoms with van der Waals surface area (Å²) in [7, 11) is 0. The Hall–Kier alpha value is -1.93. The average molecular weight is 408 g/mol. The van der Waals surface area contributed by atoms with Crippen molar-refractivity contribution < 1.29 is 24.0 Å². The molecular formula is C21H33N3O5. The van der Waals surface area contributed by atoms with Crippen molar-refractivity contribution in [3.8, 4) is 0 Å². The summed E-state index contributed by atoms with van der Waals surface area (Å²) in [6, 6.07) is 1.77. The Labute approximate surface area is 171 Å². The number of nitrogens with one attached hydrogen (secondary N) is 1. The monoisotopic (exact) mass is 407 g/mol. The molecule has 3 aliphatic rings. The first-order chi connectivity index (χ1) is 14.2. The second kappa shape index (κ2) is 11.3. The van der Waals surface area contributed by atoms with Gasteiger partial charge in [0.1, 0.15) is 12.0 Å². The Balaban J connectivity index is 0.000000755. The lowest BCUT2D eigenvalue weighted by Crippen LogP contribution is -2.44. The van der Waals surface area contributed by atoms with Crippen LogP contribution in [0.2, 0.25) is 0 Å². The van der Waals surface area contributed by atoms with Gasteiger partial charge in [0.05, 0.1) is 25.7 Å². The van der Waals surface area contributed by atoms with Crippen LogP contribution in [0.5, 0.6) is 0 Å². The third-order valence-corrected chi connectivity index (χ3v) is 6.46. The van der Waals surface area contributed by atoms with E-state index >= 15 is 0 Å². The van der Waals surface area contributed by atoms with E-state index in [0.29, 0.717) is 24.8 Å². The topological polar surface area (TPSA) is 105 Å². The Morgan fingerprint density at radius 1 is 1.31 bits per heavy atom. The molecule has 3 heterocycles. The second-order valence-corrected chi connectivity index (χ2v) is 8.43. The van der Waals surface area contributed by atoms with E-state index in [4.69, 9.17) is 19.2 Å². The molecule has 2 aliphatic heterocycles. The summed E-state index contributed by atoms with van der Waals surface area (Å²) >= 11 is 0. The SMILES string of the molecule is O=C(C[C@@H]1OC[C@H]2CN(CC3CCCCC3)CC[C@H]21)NCc1ccon1.O=CO. The quantitative estimate of drug-likeness (QED) is 0.697. The van der Waals surface area contributed by atoms with E-state index in [2.05, 4.69) is 15.4 Å². The Morgan fingerprint density at radius 3 is 2.83 bits per heavy atom. The molecule has 0 unspecified atom stereocenters. The first-order valence-electron chi connectivity index (χ1n) is 10.8. The maximum Gasteiger partial charge on any atom is 0.290 e. The summed E-state index contributed by atoms with van der Waals surface area (Å²) in [6.45, 7) is 4.57. The number of likely N-dealkylation sites (tertiary alicyclic amines) is 1. The average Bonchev–Trinajstić information content (AvgIpc) is 3.38. The van der Waals surface area contributed by atoms with Crippen molar-refractivity contribution >= 4 is 12.4 Å². The summed E-state index contributed by atoms with van der Waals surface area (Å²) in [5.74, 6) is 2.08. The summed E-state index contributed by atoms with van der Waals surface area (Å²) in [6.07, 6.45) is 10.3. The van der Waals surface area contributed by atoms with Gasteiger partial charge in [-0.25, -0.2) is 0 Å². The van der Waals surface area contributed by atoms with Crippen LogP contribution in [0.15, 0.2) is 16.9 Å². The molecule has 0 radical (unpaired) electrons. The molecule has 1 aromatic heterocycles. The van der Waals surface area contributed by atoms with Gasteiger partial charge in [0.2, 0.25) is 5.91 Å². The van der Waals surface area contributed by atoms with E-state index in [1.807, 2.05) is 0 Å². The number of hydrogen-bond acceptors (Lipinski definition) is 6. The highest BCUT2D eigenvalue weighted by Gasteiger charge is 2.41. The van der Waals surface area contributed by atoms with Crippen LogP contribution in [0, 0.1) is 17.8 Å². The van der Waals surface area contributed by atoms with E-state index in [1.165, 1.54) is 51.3 Å². The third-order valence-electron chi connectivity index (χ3n) is 6.46. The number of amides is 1. The fraction of sp³-hybridized carbons (Fsp3) is 0.762. The Kier molecular flexibility index (Phi) is 8.49. The smallest absolute Gasteiger partial charge is 0.290 e. The Morgan fingerprint density at radius 2 is 2.10 bits per heavy atom. The predicted octanol–water partition coefficient (Wildman–Crippen LogP) is 2.30. The van der Waals surface area contributed by atoms with Gasteiger partial charge in [-0.1, -0.05) is 24.4 Å². The fourth-order valence-electron chi connectivity index (χ4n) is 5.05. The molecule has 8 heteroatoms. The van der Waals surface area contributed by atoms with Crippen molar-refractivity contribution in [3.63, 3.8) is 0 Å². The van der Waals surface area contributed by atoms with Gasteiger partial charge in [-0.3, -0.25) is 9.59 Å². The van der Waals surface area contributed by atoms with Crippen LogP contribution in [-0.4, -0.2) is 59.9 Å². The minimum absolute atomic E-state index is 0.0447. The van der Waals surface area contributed by atoms with Gasteiger partial charge >= 0.3 is 0 Å². The highest BCUT2D eigenvalue weighted by atomic mass is 16.5. The number of ether oxygens (including phenoxy) is 1. The fourth-order valence-corrected chi connectivity index (χ4v) is 5.05. The highest BCUT2D eigenvalue weighted by molar-refractivity contribution is 5.76. The lowest BCUT2D eigenvalue weighted by Gasteiger charge is -2.38. The van der Waals surface area contributed by atoms with Crippen LogP contribution in [0.1, 0.15) is 50.6 Å². The van der Waals surface area contributed by atoms with Gasteiger partial charge in [0.15, 0.2) is 0 Å². The molecule has 0 spiro atoms. The molecule has 1 amide bonds. The van der Waals surface area contributed by atoms with Crippen LogP contribution in [0.25, 0.3) is 0 Å². The molecule has 1 aliphatic carbocycles. The summed E-state index contributed by atoms with van der Waals surface area (Å²) < 4.78 is 10.8. The van der Waals surface area contributed by atoms with Crippen LogP contribution in [0.3, 0.4) is 0 Å². The number of rotatable bonds is 6. The zero-order chi connectivity index (χ0) is 20.5. The third kappa shape index (κ3) is 6.54. The zero-order valence-electron chi connectivity index (χ0n) is 17.0. The number of carbonyl (C=O) groups is 2. The lowest BCUT2D eigenvalue weighted by atomic mass is 9.82. The molecule has 4 rings (SSSR count). The molecule has 3 fully saturated rings. The number of piperidine rings is 1. The molecule has 0 aromatic carbocycles. The van der Waals surface area contributed by atoms with Crippen molar-refractivity contribution in [2.75, 3.05) is 26.2 Å². The van der Waals surface area contributed by atoms with E-state index in [0.717, 1.165) is 31.3 Å². The number of aromatic nitrogens is 1. The van der Waals surface area contributed by atoms with Gasteiger partial charge in [-0.15, -0.1) is 0 Å². The summed E-state index contributed by atoms with van der Waals surface area (Å²) in [5, 5.41) is 13.6. The minimum Gasteiger partial charge on any atom is -0.483 e. The number of fused-ring (bicyclic) bond motifs is 1. The van der Waals surface area contributed by atoms with Crippen molar-refractivity contribution in [1.82, 2.24) is 15.4 Å². The zero-order valence-corrected chi connectivity index (χ0v) is 17.0. The van der Waals surface area contributed by atoms with Crippen LogP contribution >= 0.6 is 0 Å². The maximum atomic E-state index is 12.2. The Bertz CT molecular complexity index is 618. The molecule has 2 saturated heterocycles. The number of carboxylic acid groups (broad SMARTS) is 1. The first-order valence-corrected chi connectivity index (χ1v) is 10.8. The number of nitrogens with zero attached hydrogens (tertiary/aromatic N) is 2. The molecule has 3 atom stereocenters. The van der Waals surface area contributed by atoms with Crippen LogP contribution < -0.4 is 5.32 Å². The molecular weight excluding hydrogens is 374 g/mol. The van der Waals surface area contributed by atoms with Gasteiger partial charge in [0.25, 0.3) is 6.47 Å². The van der Waals surface area contributed by atoms with Crippen molar-refractivity contribution in [2.24, 2.45) is 17.8 Å². The first kappa shape index (κ1) is 21.8. The maximum absolute atomic E-state index is 12.2. The van der Waals surface area contributed by atoms with Crippen LogP contribution in [0.4, 0.5) is 0 Å². The second-order valence-electron chi connectivity index (χ2n) is 8.43. The predicted molar refractivity (Wildman–Crippen MR) is 106 cm³/mol. The summed E-state index contributed by atoms with van der Waals surface area (Å²) in [4.78, 5) is 23.3. The minimum atomic E-state index is -0.250. The number of hydrogen-bond donors (Lipinski definition) is 2. The van der Waals surface area contributed by atoms with Gasteiger partial charge in [-0.05, 0) is 37.6 Å². The molecule has 0 bridgehead atoms. The highest BCUT2D eigenvalue weighted by Crippen LogP contribution is 2.36. The molecule has 2 N–H and O–H groups in total. The molecule has 8 nitrogen and oxygen atoms in total. The molecule has 1 aromatic rings. The van der Waals surface area contributed by atoms with Crippen LogP contribution in [-0.2, 0) is 20.9 Å². The number of carbonyl (C=O) groups excluding carboxylic acids is 1. The van der Waals surface area contributed by atoms with Gasteiger partial charge < -0.3 is 24.6 Å². The van der Waals surface area contributed by atoms with Crippen molar-refractivity contribution in [1.29, 1.82) is 0 Å². The standard InChI is InChI=1S/C20H31N3O3.CH2O2/c24-20(21-11-17-7-9-26-22-17)10-19-18-6-8-23(13-16(18)14-25-19)12-15-4-2-1-3-5-15;2-1-3/h7,9,15-16,18-19H,1-6,8,10-14H2,(H,21,24);1H,(H,2,3)/t16-,18-,19+;/m1./s1. The largest absolute Gasteiger partial charge is 0.483 e. The molecule has 29 heavy (non-hydrogen) atoms. The molecule has 1 saturated carbocycles. The molecule has 162 valence electrons. The normalized spacial score (nSPS) is 27.5. The van der Waals surface area contributed by atoms with Crippen molar-refractivity contribution in [3.05, 3.63) is 18.0 Å².